The van der Waals surface area contributed by atoms with Gasteiger partial charge in [0.2, 0.25) is 10.0 Å². The van der Waals surface area contributed by atoms with E-state index in [1.165, 1.54) is 4.31 Å². The van der Waals surface area contributed by atoms with Gasteiger partial charge < -0.3 is 10.2 Å². The number of hydrogen-bond acceptors (Lipinski definition) is 3. The molecule has 0 atom stereocenters. The summed E-state index contributed by atoms with van der Waals surface area (Å²) in [7, 11) is -3.43. The van der Waals surface area contributed by atoms with Gasteiger partial charge in [0, 0.05) is 6.04 Å². The number of amides is 1. The van der Waals surface area contributed by atoms with E-state index in [4.69, 9.17) is 0 Å². The number of nitrogens with one attached hydrogen (secondary N) is 2. The van der Waals surface area contributed by atoms with Gasteiger partial charge in [-0.2, -0.15) is 4.31 Å². The van der Waals surface area contributed by atoms with Crippen molar-refractivity contribution < 1.29 is 18.1 Å². The van der Waals surface area contributed by atoms with Gasteiger partial charge >= 0.3 is 0 Å². The minimum absolute atomic E-state index is 0.0824. The molecule has 1 aliphatic heterocycles. The highest BCUT2D eigenvalue weighted by molar-refractivity contribution is 7.89. The molecule has 2 aliphatic rings. The number of quaternary nitrogens is 1. The fourth-order valence-corrected chi connectivity index (χ4v) is 4.44. The average Bonchev–Trinajstić information content (AvgIpc) is 3.39. The standard InChI is InChI=1S/C17H25N3O3S/c1-2-14-3-7-16(8-4-14)24(22,23)20-11-9-19(10-12-20)13-17(21)18-15-5-6-15/h3-4,7-8,15H,2,5-6,9-13H2,1H3,(H,18,21)/p+1. The summed E-state index contributed by atoms with van der Waals surface area (Å²) in [6.45, 7) is 4.75. The van der Waals surface area contributed by atoms with Crippen LogP contribution in [0.25, 0.3) is 0 Å². The second-order valence-corrected chi connectivity index (χ2v) is 8.61. The third-order valence-electron chi connectivity index (χ3n) is 4.75. The van der Waals surface area contributed by atoms with Crippen LogP contribution >= 0.6 is 0 Å². The number of carbonyl (C=O) groups excluding carboxylic acids is 1. The molecule has 0 aromatic heterocycles. The first-order valence-electron chi connectivity index (χ1n) is 8.71. The third kappa shape index (κ3) is 4.15. The van der Waals surface area contributed by atoms with Gasteiger partial charge in [-0.3, -0.25) is 4.79 Å². The molecule has 1 saturated carbocycles. The van der Waals surface area contributed by atoms with Gasteiger partial charge in [-0.1, -0.05) is 19.1 Å². The molecule has 1 amide bonds. The van der Waals surface area contributed by atoms with Crippen molar-refractivity contribution in [2.24, 2.45) is 0 Å². The van der Waals surface area contributed by atoms with E-state index in [2.05, 4.69) is 5.32 Å². The van der Waals surface area contributed by atoms with Crippen LogP contribution in [0.4, 0.5) is 0 Å². The first kappa shape index (κ1) is 17.4. The number of benzene rings is 1. The predicted molar refractivity (Wildman–Crippen MR) is 91.3 cm³/mol. The number of rotatable bonds is 6. The summed E-state index contributed by atoms with van der Waals surface area (Å²) < 4.78 is 27.0. The molecule has 3 rings (SSSR count). The normalized spacial score (nSPS) is 20.0. The summed E-state index contributed by atoms with van der Waals surface area (Å²) in [4.78, 5) is 13.4. The Morgan fingerprint density at radius 2 is 1.83 bits per heavy atom. The van der Waals surface area contributed by atoms with Crippen molar-refractivity contribution in [1.82, 2.24) is 9.62 Å². The van der Waals surface area contributed by atoms with Crippen LogP contribution in [0.5, 0.6) is 0 Å². The quantitative estimate of drug-likeness (QED) is 0.719. The van der Waals surface area contributed by atoms with E-state index in [-0.39, 0.29) is 5.91 Å². The molecule has 1 aliphatic carbocycles. The maximum atomic E-state index is 12.7. The number of hydrogen-bond donors (Lipinski definition) is 2. The highest BCUT2D eigenvalue weighted by Gasteiger charge is 2.32. The molecule has 1 aromatic rings. The van der Waals surface area contributed by atoms with E-state index in [0.717, 1.165) is 29.7 Å². The summed E-state index contributed by atoms with van der Waals surface area (Å²) in [6.07, 6.45) is 3.07. The Morgan fingerprint density at radius 1 is 1.21 bits per heavy atom. The number of piperazine rings is 1. The smallest absolute Gasteiger partial charge is 0.275 e. The van der Waals surface area contributed by atoms with Gasteiger partial charge in [0.1, 0.15) is 0 Å². The van der Waals surface area contributed by atoms with E-state index in [1.807, 2.05) is 19.1 Å². The van der Waals surface area contributed by atoms with E-state index in [9.17, 15) is 13.2 Å². The van der Waals surface area contributed by atoms with Crippen LogP contribution in [0, 0.1) is 0 Å². The molecular formula is C17H26N3O3S+. The molecule has 2 N–H and O–H groups in total. The van der Waals surface area contributed by atoms with Crippen molar-refractivity contribution in [2.75, 3.05) is 32.7 Å². The third-order valence-corrected chi connectivity index (χ3v) is 6.66. The van der Waals surface area contributed by atoms with Crippen LogP contribution in [0.2, 0.25) is 0 Å². The maximum absolute atomic E-state index is 12.7. The minimum Gasteiger partial charge on any atom is -0.348 e. The molecule has 2 fully saturated rings. The van der Waals surface area contributed by atoms with Gasteiger partial charge in [0.25, 0.3) is 5.91 Å². The van der Waals surface area contributed by atoms with Gasteiger partial charge in [0.15, 0.2) is 6.54 Å². The molecule has 132 valence electrons. The molecule has 0 bridgehead atoms. The lowest BCUT2D eigenvalue weighted by Crippen LogP contribution is -3.15. The van der Waals surface area contributed by atoms with Gasteiger partial charge in [0.05, 0.1) is 31.1 Å². The van der Waals surface area contributed by atoms with Crippen molar-refractivity contribution in [1.29, 1.82) is 0 Å². The van der Waals surface area contributed by atoms with Crippen LogP contribution in [0.3, 0.4) is 0 Å². The molecule has 1 saturated heterocycles. The number of nitrogens with zero attached hydrogens (tertiary/aromatic N) is 1. The average molecular weight is 352 g/mol. The van der Waals surface area contributed by atoms with Crippen LogP contribution in [-0.2, 0) is 21.2 Å². The Labute approximate surface area is 143 Å². The molecule has 1 aromatic carbocycles. The largest absolute Gasteiger partial charge is 0.348 e. The second-order valence-electron chi connectivity index (χ2n) is 6.67. The summed E-state index contributed by atoms with van der Waals surface area (Å²) in [5, 5.41) is 2.99. The molecule has 24 heavy (non-hydrogen) atoms. The van der Waals surface area contributed by atoms with E-state index in [0.29, 0.717) is 43.7 Å². The summed E-state index contributed by atoms with van der Waals surface area (Å²) >= 11 is 0. The topological polar surface area (TPSA) is 70.9 Å². The summed E-state index contributed by atoms with van der Waals surface area (Å²) in [5.41, 5.74) is 1.13. The molecule has 0 unspecified atom stereocenters. The molecule has 0 radical (unpaired) electrons. The Hall–Kier alpha value is -1.44. The molecule has 7 heteroatoms. The van der Waals surface area contributed by atoms with Crippen LogP contribution in [0.15, 0.2) is 29.2 Å². The zero-order chi connectivity index (χ0) is 17.2. The van der Waals surface area contributed by atoms with Crippen LogP contribution < -0.4 is 10.2 Å². The van der Waals surface area contributed by atoms with Gasteiger partial charge in [-0.15, -0.1) is 0 Å². The van der Waals surface area contributed by atoms with E-state index in [1.54, 1.807) is 12.1 Å². The van der Waals surface area contributed by atoms with Gasteiger partial charge in [-0.05, 0) is 37.0 Å². The Kier molecular flexibility index (Phi) is 5.22. The predicted octanol–water partition coefficient (Wildman–Crippen LogP) is -0.583. The highest BCUT2D eigenvalue weighted by Crippen LogP contribution is 2.18. The van der Waals surface area contributed by atoms with Crippen LogP contribution in [0.1, 0.15) is 25.3 Å². The van der Waals surface area contributed by atoms with Crippen LogP contribution in [-0.4, -0.2) is 57.4 Å². The summed E-state index contributed by atoms with van der Waals surface area (Å²) in [6, 6.07) is 7.50. The Morgan fingerprint density at radius 3 is 2.38 bits per heavy atom. The maximum Gasteiger partial charge on any atom is 0.275 e. The lowest BCUT2D eigenvalue weighted by molar-refractivity contribution is -0.895. The number of carbonyl (C=O) groups is 1. The second kappa shape index (κ2) is 7.21. The number of aryl methyl sites for hydroxylation is 1. The highest BCUT2D eigenvalue weighted by atomic mass is 32.2. The first-order chi connectivity index (χ1) is 11.5. The zero-order valence-electron chi connectivity index (χ0n) is 14.1. The lowest BCUT2D eigenvalue weighted by atomic mass is 10.2. The fourth-order valence-electron chi connectivity index (χ4n) is 3.00. The number of sulfonamides is 1. The van der Waals surface area contributed by atoms with Crippen molar-refractivity contribution in [3.05, 3.63) is 29.8 Å². The SMILES string of the molecule is CCc1ccc(S(=O)(=O)N2CC[NH+](CC(=O)NC3CC3)CC2)cc1. The monoisotopic (exact) mass is 352 g/mol. The molecule has 0 spiro atoms. The van der Waals surface area contributed by atoms with Crippen molar-refractivity contribution in [3.63, 3.8) is 0 Å². The Balaban J connectivity index is 1.55. The fraction of sp³-hybridized carbons (Fsp3) is 0.588. The molecule has 6 nitrogen and oxygen atoms in total. The Bertz CT molecular complexity index is 676. The van der Waals surface area contributed by atoms with E-state index < -0.39 is 10.0 Å². The first-order valence-corrected chi connectivity index (χ1v) is 10.1. The zero-order valence-corrected chi connectivity index (χ0v) is 14.9. The van der Waals surface area contributed by atoms with Crippen molar-refractivity contribution in [2.45, 2.75) is 37.1 Å². The van der Waals surface area contributed by atoms with E-state index >= 15 is 0 Å². The molecule has 1 heterocycles. The lowest BCUT2D eigenvalue weighted by Gasteiger charge is -2.31. The van der Waals surface area contributed by atoms with Crippen molar-refractivity contribution in [3.8, 4) is 0 Å². The summed E-state index contributed by atoms with van der Waals surface area (Å²) in [5.74, 6) is 0.0824. The van der Waals surface area contributed by atoms with Crippen molar-refractivity contribution >= 4 is 15.9 Å². The van der Waals surface area contributed by atoms with Gasteiger partial charge in [-0.25, -0.2) is 8.42 Å². The molecular weight excluding hydrogens is 326 g/mol. The minimum atomic E-state index is -3.43.